The van der Waals surface area contributed by atoms with Gasteiger partial charge in [0.1, 0.15) is 0 Å². The third kappa shape index (κ3) is 3.24. The van der Waals surface area contributed by atoms with Gasteiger partial charge in [0.15, 0.2) is 0 Å². The van der Waals surface area contributed by atoms with Crippen LogP contribution in [0.2, 0.25) is 0 Å². The van der Waals surface area contributed by atoms with Crippen LogP contribution in [-0.2, 0) is 4.74 Å². The van der Waals surface area contributed by atoms with Crippen molar-refractivity contribution >= 4 is 17.3 Å². The quantitative estimate of drug-likeness (QED) is 0.666. The first-order chi connectivity index (χ1) is 9.63. The number of rotatable bonds is 2. The van der Waals surface area contributed by atoms with Crippen molar-refractivity contribution in [3.05, 3.63) is 23.3 Å². The monoisotopic (exact) mass is 276 g/mol. The Morgan fingerprint density at radius 2 is 1.75 bits per heavy atom. The summed E-state index contributed by atoms with van der Waals surface area (Å²) < 4.78 is 4.82. The number of carbonyl (C=O) groups excluding carboxylic acids is 1. The fourth-order valence-corrected chi connectivity index (χ4v) is 2.75. The number of hydrogen-bond donors (Lipinski definition) is 1. The first kappa shape index (κ1) is 14.7. The number of nitrogen functional groups attached to an aromatic ring is 1. The summed E-state index contributed by atoms with van der Waals surface area (Å²) in [6.45, 7) is 4.03. The summed E-state index contributed by atoms with van der Waals surface area (Å²) in [7, 11) is 1.39. The molecular formula is C16H24N2O2. The van der Waals surface area contributed by atoms with E-state index in [0.29, 0.717) is 11.3 Å². The number of ether oxygens (including phenoxy) is 1. The van der Waals surface area contributed by atoms with Gasteiger partial charge in [0.2, 0.25) is 0 Å². The van der Waals surface area contributed by atoms with E-state index in [2.05, 4.69) is 11.0 Å². The lowest BCUT2D eigenvalue weighted by Crippen LogP contribution is -2.27. The van der Waals surface area contributed by atoms with E-state index in [0.717, 1.165) is 24.3 Å². The number of anilines is 2. The van der Waals surface area contributed by atoms with Gasteiger partial charge in [-0.05, 0) is 37.5 Å². The topological polar surface area (TPSA) is 55.6 Å². The normalized spacial score (nSPS) is 16.4. The van der Waals surface area contributed by atoms with Gasteiger partial charge in [-0.25, -0.2) is 4.79 Å². The van der Waals surface area contributed by atoms with Crippen LogP contribution in [0.5, 0.6) is 0 Å². The second-order valence-corrected chi connectivity index (χ2v) is 5.47. The van der Waals surface area contributed by atoms with Crippen LogP contribution in [0.1, 0.15) is 48.0 Å². The molecule has 0 atom stereocenters. The third-order valence-electron chi connectivity index (χ3n) is 4.00. The zero-order valence-corrected chi connectivity index (χ0v) is 12.4. The van der Waals surface area contributed by atoms with E-state index in [9.17, 15) is 4.79 Å². The van der Waals surface area contributed by atoms with Crippen LogP contribution in [0, 0.1) is 6.92 Å². The van der Waals surface area contributed by atoms with Gasteiger partial charge in [-0.1, -0.05) is 19.3 Å². The molecule has 4 nitrogen and oxygen atoms in total. The summed E-state index contributed by atoms with van der Waals surface area (Å²) in [5.41, 5.74) is 9.01. The van der Waals surface area contributed by atoms with E-state index < -0.39 is 0 Å². The maximum absolute atomic E-state index is 11.8. The molecule has 0 radical (unpaired) electrons. The molecule has 4 heteroatoms. The molecular weight excluding hydrogens is 252 g/mol. The Balaban J connectivity index is 2.30. The SMILES string of the molecule is COC(=O)c1cc(N2CCCCCCC2)cc(C)c1N. The fourth-order valence-electron chi connectivity index (χ4n) is 2.75. The average molecular weight is 276 g/mol. The van der Waals surface area contributed by atoms with E-state index in [-0.39, 0.29) is 5.97 Å². The number of hydrogen-bond acceptors (Lipinski definition) is 4. The van der Waals surface area contributed by atoms with Crippen molar-refractivity contribution in [2.45, 2.75) is 39.0 Å². The average Bonchev–Trinajstić information content (AvgIpc) is 2.40. The maximum Gasteiger partial charge on any atom is 0.340 e. The summed E-state index contributed by atoms with van der Waals surface area (Å²) in [5.74, 6) is -0.362. The standard InChI is InChI=1S/C16H24N2O2/c1-12-10-13(11-14(15(12)17)16(19)20-2)18-8-6-4-3-5-7-9-18/h10-11H,3-9,17H2,1-2H3. The van der Waals surface area contributed by atoms with E-state index in [1.54, 1.807) is 0 Å². The number of carbonyl (C=O) groups is 1. The van der Waals surface area contributed by atoms with Gasteiger partial charge in [0.05, 0.1) is 12.7 Å². The molecule has 2 N–H and O–H groups in total. The Labute approximate surface area is 120 Å². The molecule has 0 bridgehead atoms. The Hall–Kier alpha value is -1.71. The minimum atomic E-state index is -0.362. The molecule has 0 amide bonds. The smallest absolute Gasteiger partial charge is 0.340 e. The molecule has 1 heterocycles. The molecule has 110 valence electrons. The van der Waals surface area contributed by atoms with Crippen molar-refractivity contribution in [1.29, 1.82) is 0 Å². The van der Waals surface area contributed by atoms with Gasteiger partial charge >= 0.3 is 5.97 Å². The largest absolute Gasteiger partial charge is 0.465 e. The van der Waals surface area contributed by atoms with Crippen LogP contribution in [-0.4, -0.2) is 26.2 Å². The fraction of sp³-hybridized carbons (Fsp3) is 0.562. The summed E-state index contributed by atoms with van der Waals surface area (Å²) >= 11 is 0. The first-order valence-electron chi connectivity index (χ1n) is 7.37. The van der Waals surface area contributed by atoms with Gasteiger partial charge in [0, 0.05) is 24.5 Å². The lowest BCUT2D eigenvalue weighted by atomic mass is 10.0. The second-order valence-electron chi connectivity index (χ2n) is 5.47. The Morgan fingerprint density at radius 1 is 1.15 bits per heavy atom. The summed E-state index contributed by atoms with van der Waals surface area (Å²) in [6.07, 6.45) is 6.32. The molecule has 0 spiro atoms. The molecule has 0 unspecified atom stereocenters. The van der Waals surface area contributed by atoms with Crippen molar-refractivity contribution in [3.63, 3.8) is 0 Å². The molecule has 1 aliphatic rings. The van der Waals surface area contributed by atoms with Crippen LogP contribution >= 0.6 is 0 Å². The van der Waals surface area contributed by atoms with Gasteiger partial charge in [-0.3, -0.25) is 0 Å². The van der Waals surface area contributed by atoms with Gasteiger partial charge in [-0.2, -0.15) is 0 Å². The highest BCUT2D eigenvalue weighted by Crippen LogP contribution is 2.27. The van der Waals surface area contributed by atoms with Gasteiger partial charge < -0.3 is 15.4 Å². The maximum atomic E-state index is 11.8. The first-order valence-corrected chi connectivity index (χ1v) is 7.37. The third-order valence-corrected chi connectivity index (χ3v) is 4.00. The number of nitrogens with two attached hydrogens (primary N) is 1. The van der Waals surface area contributed by atoms with Gasteiger partial charge in [-0.15, -0.1) is 0 Å². The zero-order chi connectivity index (χ0) is 14.5. The van der Waals surface area contributed by atoms with Crippen LogP contribution < -0.4 is 10.6 Å². The summed E-state index contributed by atoms with van der Waals surface area (Å²) in [6, 6.07) is 3.94. The highest BCUT2D eigenvalue weighted by atomic mass is 16.5. The Morgan fingerprint density at radius 3 is 2.35 bits per heavy atom. The van der Waals surface area contributed by atoms with E-state index in [4.69, 9.17) is 10.5 Å². The predicted molar refractivity (Wildman–Crippen MR) is 82.2 cm³/mol. The molecule has 0 saturated carbocycles. The van der Waals surface area contributed by atoms with Crippen LogP contribution in [0.3, 0.4) is 0 Å². The van der Waals surface area contributed by atoms with Crippen LogP contribution in [0.15, 0.2) is 12.1 Å². The van der Waals surface area contributed by atoms with Crippen molar-refractivity contribution in [2.24, 2.45) is 0 Å². The Bertz CT molecular complexity index is 478. The van der Waals surface area contributed by atoms with Gasteiger partial charge in [0.25, 0.3) is 0 Å². The minimum Gasteiger partial charge on any atom is -0.465 e. The van der Waals surface area contributed by atoms with Crippen molar-refractivity contribution in [3.8, 4) is 0 Å². The van der Waals surface area contributed by atoms with Crippen molar-refractivity contribution in [1.82, 2.24) is 0 Å². The van der Waals surface area contributed by atoms with Crippen molar-refractivity contribution < 1.29 is 9.53 Å². The van der Waals surface area contributed by atoms with Crippen LogP contribution in [0.4, 0.5) is 11.4 Å². The number of nitrogens with zero attached hydrogens (tertiary/aromatic N) is 1. The van der Waals surface area contributed by atoms with Crippen LogP contribution in [0.25, 0.3) is 0 Å². The number of esters is 1. The molecule has 1 saturated heterocycles. The lowest BCUT2D eigenvalue weighted by Gasteiger charge is -2.28. The zero-order valence-electron chi connectivity index (χ0n) is 12.4. The molecule has 0 aromatic heterocycles. The molecule has 1 aromatic carbocycles. The van der Waals surface area contributed by atoms with E-state index in [1.807, 2.05) is 13.0 Å². The van der Waals surface area contributed by atoms with E-state index >= 15 is 0 Å². The molecule has 1 aromatic rings. The number of aryl methyl sites for hydroxylation is 1. The summed E-state index contributed by atoms with van der Waals surface area (Å²) in [5, 5.41) is 0. The highest BCUT2D eigenvalue weighted by Gasteiger charge is 2.17. The van der Waals surface area contributed by atoms with Crippen molar-refractivity contribution in [2.75, 3.05) is 30.8 Å². The molecule has 2 rings (SSSR count). The Kier molecular flexibility index (Phi) is 4.88. The predicted octanol–water partition coefficient (Wildman–Crippen LogP) is 3.13. The molecule has 0 aliphatic carbocycles. The molecule has 1 fully saturated rings. The minimum absolute atomic E-state index is 0.362. The molecule has 1 aliphatic heterocycles. The van der Waals surface area contributed by atoms with E-state index in [1.165, 1.54) is 39.2 Å². The highest BCUT2D eigenvalue weighted by molar-refractivity contribution is 5.97. The second kappa shape index (κ2) is 6.64. The lowest BCUT2D eigenvalue weighted by molar-refractivity contribution is 0.0602. The number of benzene rings is 1. The number of methoxy groups -OCH3 is 1. The molecule has 20 heavy (non-hydrogen) atoms. The summed E-state index contributed by atoms with van der Waals surface area (Å²) in [4.78, 5) is 14.2.